The van der Waals surface area contributed by atoms with Gasteiger partial charge < -0.3 is 9.15 Å². The van der Waals surface area contributed by atoms with Crippen LogP contribution in [0.25, 0.3) is 16.5 Å². The number of fused-ring (bicyclic) bond motifs is 1. The average molecular weight is 382 g/mol. The summed E-state index contributed by atoms with van der Waals surface area (Å²) in [4.78, 5) is 2.47. The second-order valence-electron chi connectivity index (χ2n) is 7.31. The molecule has 2 aromatic carbocycles. The molecule has 0 N–H and O–H groups in total. The van der Waals surface area contributed by atoms with E-state index in [2.05, 4.69) is 29.7 Å². The first-order valence-electron chi connectivity index (χ1n) is 9.40. The summed E-state index contributed by atoms with van der Waals surface area (Å²) < 4.78 is 12.0. The van der Waals surface area contributed by atoms with Gasteiger partial charge in [0.25, 0.3) is 0 Å². The van der Waals surface area contributed by atoms with E-state index in [1.165, 1.54) is 5.56 Å². The summed E-state index contributed by atoms with van der Waals surface area (Å²) in [5.41, 5.74) is 3.11. The summed E-state index contributed by atoms with van der Waals surface area (Å²) in [5, 5.41) is 1.85. The summed E-state index contributed by atoms with van der Waals surface area (Å²) in [6.45, 7) is 8.95. The topological polar surface area (TPSA) is 25.6 Å². The van der Waals surface area contributed by atoms with Gasteiger partial charge in [0.05, 0.1) is 0 Å². The molecular weight excluding hydrogens is 358 g/mol. The lowest BCUT2D eigenvalue weighted by Crippen LogP contribution is -2.37. The zero-order valence-electron chi connectivity index (χ0n) is 15.6. The van der Waals surface area contributed by atoms with Crippen molar-refractivity contribution >= 4 is 28.1 Å². The molecule has 0 atom stereocenters. The van der Waals surface area contributed by atoms with Gasteiger partial charge in [0.2, 0.25) is 0 Å². The van der Waals surface area contributed by atoms with Crippen LogP contribution in [0.5, 0.6) is 5.75 Å². The number of rotatable bonds is 5. The van der Waals surface area contributed by atoms with Crippen LogP contribution < -0.4 is 4.74 Å². The number of likely N-dealkylation sites (tertiary alicyclic amines) is 1. The maximum atomic E-state index is 6.24. The molecule has 1 aliphatic rings. The monoisotopic (exact) mass is 381 g/mol. The fraction of sp³-hybridized carbons (Fsp3) is 0.304. The van der Waals surface area contributed by atoms with Gasteiger partial charge in [-0.05, 0) is 67.3 Å². The lowest BCUT2D eigenvalue weighted by molar-refractivity contribution is 0.0969. The van der Waals surface area contributed by atoms with Crippen molar-refractivity contribution in [3.05, 3.63) is 71.5 Å². The minimum absolute atomic E-state index is 0.261. The fourth-order valence-electron chi connectivity index (χ4n) is 3.53. The SMILES string of the molecule is C=C(C)c1cc2cc(OC3CCN(Cc4ccc(Cl)cc4)CC3)ccc2o1. The predicted molar refractivity (Wildman–Crippen MR) is 111 cm³/mol. The normalized spacial score (nSPS) is 15.9. The Morgan fingerprint density at radius 1 is 1.15 bits per heavy atom. The number of piperidine rings is 1. The van der Waals surface area contributed by atoms with E-state index in [-0.39, 0.29) is 6.10 Å². The van der Waals surface area contributed by atoms with Crippen LogP contribution in [0, 0.1) is 0 Å². The van der Waals surface area contributed by atoms with Crippen molar-refractivity contribution in [3.8, 4) is 5.75 Å². The van der Waals surface area contributed by atoms with Crippen molar-refractivity contribution in [2.24, 2.45) is 0 Å². The van der Waals surface area contributed by atoms with Crippen LogP contribution in [-0.4, -0.2) is 24.1 Å². The molecule has 0 spiro atoms. The maximum absolute atomic E-state index is 6.24. The van der Waals surface area contributed by atoms with Crippen molar-refractivity contribution < 1.29 is 9.15 Å². The molecule has 0 saturated carbocycles. The van der Waals surface area contributed by atoms with Gasteiger partial charge >= 0.3 is 0 Å². The first kappa shape index (κ1) is 18.1. The Bertz CT molecular complexity index is 937. The lowest BCUT2D eigenvalue weighted by Gasteiger charge is -2.32. The Hall–Kier alpha value is -2.23. The number of benzene rings is 2. The van der Waals surface area contributed by atoms with Crippen molar-refractivity contribution in [3.63, 3.8) is 0 Å². The molecule has 1 saturated heterocycles. The molecule has 4 heteroatoms. The molecule has 0 radical (unpaired) electrons. The molecule has 3 aromatic rings. The van der Waals surface area contributed by atoms with E-state index in [9.17, 15) is 0 Å². The fourth-order valence-corrected chi connectivity index (χ4v) is 3.66. The van der Waals surface area contributed by atoms with Gasteiger partial charge in [0.15, 0.2) is 0 Å². The first-order valence-corrected chi connectivity index (χ1v) is 9.77. The molecule has 0 bridgehead atoms. The number of allylic oxidation sites excluding steroid dienone is 1. The number of ether oxygens (including phenoxy) is 1. The van der Waals surface area contributed by atoms with Crippen molar-refractivity contribution in [1.82, 2.24) is 4.90 Å². The Kier molecular flexibility index (Phi) is 5.24. The highest BCUT2D eigenvalue weighted by Gasteiger charge is 2.21. The molecule has 1 aromatic heterocycles. The standard InChI is InChI=1S/C23H24ClNO2/c1-16(2)23-14-18-13-21(7-8-22(18)27-23)26-20-9-11-25(12-10-20)15-17-3-5-19(24)6-4-17/h3-8,13-14,20H,1,9-12,15H2,2H3. The second kappa shape index (κ2) is 7.79. The summed E-state index contributed by atoms with van der Waals surface area (Å²) in [5.74, 6) is 1.74. The third-order valence-electron chi connectivity index (χ3n) is 5.07. The average Bonchev–Trinajstić information content (AvgIpc) is 3.09. The minimum atomic E-state index is 0.261. The molecule has 3 nitrogen and oxygen atoms in total. The third-order valence-corrected chi connectivity index (χ3v) is 5.32. The molecule has 2 heterocycles. The molecule has 4 rings (SSSR count). The highest BCUT2D eigenvalue weighted by atomic mass is 35.5. The Balaban J connectivity index is 1.34. The van der Waals surface area contributed by atoms with Crippen LogP contribution in [0.15, 0.2) is 59.5 Å². The molecular formula is C23H24ClNO2. The molecule has 1 fully saturated rings. The predicted octanol–water partition coefficient (Wildman–Crippen LogP) is 6.16. The largest absolute Gasteiger partial charge is 0.490 e. The van der Waals surface area contributed by atoms with E-state index in [4.69, 9.17) is 20.8 Å². The molecule has 27 heavy (non-hydrogen) atoms. The van der Waals surface area contributed by atoms with E-state index < -0.39 is 0 Å². The molecule has 0 aliphatic carbocycles. The van der Waals surface area contributed by atoms with E-state index in [1.54, 1.807) is 0 Å². The number of halogens is 1. The highest BCUT2D eigenvalue weighted by Crippen LogP contribution is 2.28. The van der Waals surface area contributed by atoms with Crippen LogP contribution in [-0.2, 0) is 6.54 Å². The summed E-state index contributed by atoms with van der Waals surface area (Å²) in [6.07, 6.45) is 2.33. The van der Waals surface area contributed by atoms with Crippen molar-refractivity contribution in [2.45, 2.75) is 32.4 Å². The molecule has 0 unspecified atom stereocenters. The van der Waals surface area contributed by atoms with Gasteiger partial charge in [-0.3, -0.25) is 4.90 Å². The molecule has 0 amide bonds. The highest BCUT2D eigenvalue weighted by molar-refractivity contribution is 6.30. The van der Waals surface area contributed by atoms with Crippen LogP contribution in [0.4, 0.5) is 0 Å². The van der Waals surface area contributed by atoms with E-state index in [1.807, 2.05) is 37.3 Å². The summed E-state index contributed by atoms with van der Waals surface area (Å²) >= 11 is 5.96. The second-order valence-corrected chi connectivity index (χ2v) is 7.75. The zero-order chi connectivity index (χ0) is 18.8. The number of furan rings is 1. The third kappa shape index (κ3) is 4.37. The quantitative estimate of drug-likeness (QED) is 0.529. The van der Waals surface area contributed by atoms with Crippen LogP contribution in [0.3, 0.4) is 0 Å². The summed E-state index contributed by atoms with van der Waals surface area (Å²) in [7, 11) is 0. The maximum Gasteiger partial charge on any atom is 0.135 e. The van der Waals surface area contributed by atoms with Gasteiger partial charge in [-0.2, -0.15) is 0 Å². The molecule has 1 aliphatic heterocycles. The smallest absolute Gasteiger partial charge is 0.135 e. The Morgan fingerprint density at radius 3 is 2.59 bits per heavy atom. The van der Waals surface area contributed by atoms with E-state index in [0.29, 0.717) is 0 Å². The number of nitrogens with zero attached hydrogens (tertiary/aromatic N) is 1. The Labute approximate surface area is 165 Å². The van der Waals surface area contributed by atoms with Gasteiger partial charge in [-0.1, -0.05) is 30.3 Å². The zero-order valence-corrected chi connectivity index (χ0v) is 16.3. The number of hydrogen-bond acceptors (Lipinski definition) is 3. The van der Waals surface area contributed by atoms with Crippen LogP contribution in [0.1, 0.15) is 31.1 Å². The van der Waals surface area contributed by atoms with E-state index >= 15 is 0 Å². The summed E-state index contributed by atoms with van der Waals surface area (Å²) in [6, 6.07) is 16.2. The van der Waals surface area contributed by atoms with Gasteiger partial charge in [0, 0.05) is 30.0 Å². The number of hydrogen-bond donors (Lipinski definition) is 0. The van der Waals surface area contributed by atoms with Crippen molar-refractivity contribution in [1.29, 1.82) is 0 Å². The van der Waals surface area contributed by atoms with Crippen LogP contribution >= 0.6 is 11.6 Å². The lowest BCUT2D eigenvalue weighted by atomic mass is 10.1. The van der Waals surface area contributed by atoms with Crippen LogP contribution in [0.2, 0.25) is 5.02 Å². The first-order chi connectivity index (χ1) is 13.1. The Morgan fingerprint density at radius 2 is 1.89 bits per heavy atom. The van der Waals surface area contributed by atoms with Crippen molar-refractivity contribution in [2.75, 3.05) is 13.1 Å². The van der Waals surface area contributed by atoms with Gasteiger partial charge in [0.1, 0.15) is 23.2 Å². The van der Waals surface area contributed by atoms with Gasteiger partial charge in [-0.15, -0.1) is 0 Å². The minimum Gasteiger partial charge on any atom is -0.490 e. The molecule has 140 valence electrons. The van der Waals surface area contributed by atoms with E-state index in [0.717, 1.165) is 65.6 Å². The van der Waals surface area contributed by atoms with Gasteiger partial charge in [-0.25, -0.2) is 0 Å².